The first-order valence-electron chi connectivity index (χ1n) is 7.09. The molecule has 0 saturated carbocycles. The molecule has 2 aromatic rings. The fraction of sp³-hybridized carbons (Fsp3) is 0.467. The molecule has 1 amide bonds. The van der Waals surface area contributed by atoms with E-state index in [-0.39, 0.29) is 5.91 Å². The van der Waals surface area contributed by atoms with E-state index in [0.717, 1.165) is 29.4 Å². The molecule has 0 N–H and O–H groups in total. The molecule has 0 unspecified atom stereocenters. The molecule has 0 spiro atoms. The first kappa shape index (κ1) is 15.7. The Kier molecular flexibility index (Phi) is 5.52. The second-order valence-electron chi connectivity index (χ2n) is 4.90. The number of rotatable bonds is 7. The first-order valence-corrected chi connectivity index (χ1v) is 7.97. The van der Waals surface area contributed by atoms with Crippen molar-refractivity contribution < 1.29 is 9.32 Å². The predicted octanol–water partition coefficient (Wildman–Crippen LogP) is 2.70. The van der Waals surface area contributed by atoms with Crippen LogP contribution in [0.5, 0.6) is 0 Å². The molecule has 0 bridgehead atoms. The predicted molar refractivity (Wildman–Crippen MR) is 84.1 cm³/mol. The Labute approximate surface area is 129 Å². The SMILES string of the molecule is CCN(CC)C(=O)CN(C)Cc1cc(-c2cccs2)on1. The van der Waals surface area contributed by atoms with Crippen LogP contribution in [0.3, 0.4) is 0 Å². The van der Waals surface area contributed by atoms with Crippen molar-refractivity contribution in [3.63, 3.8) is 0 Å². The monoisotopic (exact) mass is 307 g/mol. The molecule has 5 nitrogen and oxygen atoms in total. The zero-order valence-corrected chi connectivity index (χ0v) is 13.5. The van der Waals surface area contributed by atoms with E-state index in [4.69, 9.17) is 4.52 Å². The molecule has 2 rings (SSSR count). The molecule has 0 aliphatic heterocycles. The van der Waals surface area contributed by atoms with E-state index in [9.17, 15) is 4.79 Å². The van der Waals surface area contributed by atoms with Crippen molar-refractivity contribution in [3.8, 4) is 10.6 Å². The number of nitrogens with zero attached hydrogens (tertiary/aromatic N) is 3. The van der Waals surface area contributed by atoms with E-state index in [1.807, 2.05) is 54.3 Å². The fourth-order valence-electron chi connectivity index (χ4n) is 2.16. The van der Waals surface area contributed by atoms with Gasteiger partial charge < -0.3 is 9.42 Å². The molecule has 0 atom stereocenters. The summed E-state index contributed by atoms with van der Waals surface area (Å²) in [6, 6.07) is 5.92. The van der Waals surface area contributed by atoms with Gasteiger partial charge in [0.15, 0.2) is 5.76 Å². The van der Waals surface area contributed by atoms with Crippen molar-refractivity contribution in [3.05, 3.63) is 29.3 Å². The summed E-state index contributed by atoms with van der Waals surface area (Å²) in [7, 11) is 1.92. The van der Waals surface area contributed by atoms with Crippen LogP contribution in [0.25, 0.3) is 10.6 Å². The highest BCUT2D eigenvalue weighted by Gasteiger charge is 2.14. The maximum absolute atomic E-state index is 12.0. The summed E-state index contributed by atoms with van der Waals surface area (Å²) in [6.07, 6.45) is 0. The van der Waals surface area contributed by atoms with Gasteiger partial charge in [0.25, 0.3) is 0 Å². The average Bonchev–Trinajstić information content (AvgIpc) is 3.10. The third-order valence-corrected chi connectivity index (χ3v) is 4.16. The van der Waals surface area contributed by atoms with Crippen molar-refractivity contribution in [2.45, 2.75) is 20.4 Å². The number of likely N-dealkylation sites (N-methyl/N-ethyl adjacent to an activating group) is 2. The third-order valence-electron chi connectivity index (χ3n) is 3.28. The van der Waals surface area contributed by atoms with E-state index in [2.05, 4.69) is 5.16 Å². The van der Waals surface area contributed by atoms with E-state index >= 15 is 0 Å². The molecule has 0 aliphatic carbocycles. The number of aromatic nitrogens is 1. The topological polar surface area (TPSA) is 49.6 Å². The number of thiophene rings is 1. The van der Waals surface area contributed by atoms with Crippen molar-refractivity contribution in [1.82, 2.24) is 15.0 Å². The van der Waals surface area contributed by atoms with Crippen LogP contribution in [-0.2, 0) is 11.3 Å². The Balaban J connectivity index is 1.91. The molecular formula is C15H21N3O2S. The molecule has 0 fully saturated rings. The zero-order chi connectivity index (χ0) is 15.2. The lowest BCUT2D eigenvalue weighted by Crippen LogP contribution is -2.38. The van der Waals surface area contributed by atoms with Crippen LogP contribution in [0.1, 0.15) is 19.5 Å². The van der Waals surface area contributed by atoms with Crippen LogP contribution in [0.2, 0.25) is 0 Å². The van der Waals surface area contributed by atoms with E-state index in [1.54, 1.807) is 11.3 Å². The number of carbonyl (C=O) groups is 1. The molecular weight excluding hydrogens is 286 g/mol. The highest BCUT2D eigenvalue weighted by Crippen LogP contribution is 2.25. The number of hydrogen-bond donors (Lipinski definition) is 0. The second kappa shape index (κ2) is 7.38. The lowest BCUT2D eigenvalue weighted by atomic mass is 10.3. The second-order valence-corrected chi connectivity index (χ2v) is 5.85. The highest BCUT2D eigenvalue weighted by atomic mass is 32.1. The normalized spacial score (nSPS) is 11.0. The summed E-state index contributed by atoms with van der Waals surface area (Å²) in [5.41, 5.74) is 0.841. The molecule has 2 heterocycles. The molecule has 0 aliphatic rings. The van der Waals surface area contributed by atoms with Crippen molar-refractivity contribution in [2.75, 3.05) is 26.7 Å². The number of carbonyl (C=O) groups excluding carboxylic acids is 1. The number of amides is 1. The lowest BCUT2D eigenvalue weighted by Gasteiger charge is -2.22. The van der Waals surface area contributed by atoms with E-state index in [0.29, 0.717) is 13.1 Å². The first-order chi connectivity index (χ1) is 10.1. The summed E-state index contributed by atoms with van der Waals surface area (Å²) < 4.78 is 5.34. The Morgan fingerprint density at radius 2 is 2.14 bits per heavy atom. The van der Waals surface area contributed by atoms with Gasteiger partial charge in [-0.1, -0.05) is 11.2 Å². The summed E-state index contributed by atoms with van der Waals surface area (Å²) in [5.74, 6) is 0.924. The van der Waals surface area contributed by atoms with Crippen molar-refractivity contribution >= 4 is 17.2 Å². The van der Waals surface area contributed by atoms with Gasteiger partial charge in [0.05, 0.1) is 17.1 Å². The Hall–Kier alpha value is -1.66. The molecule has 114 valence electrons. The molecule has 21 heavy (non-hydrogen) atoms. The maximum atomic E-state index is 12.0. The van der Waals surface area contributed by atoms with Crippen LogP contribution in [0.15, 0.2) is 28.1 Å². The minimum atomic E-state index is 0.143. The molecule has 0 saturated heterocycles. The average molecular weight is 307 g/mol. The summed E-state index contributed by atoms with van der Waals surface area (Å²) >= 11 is 1.62. The van der Waals surface area contributed by atoms with Crippen LogP contribution in [-0.4, -0.2) is 47.5 Å². The van der Waals surface area contributed by atoms with Crippen LogP contribution < -0.4 is 0 Å². The van der Waals surface area contributed by atoms with Crippen LogP contribution >= 0.6 is 11.3 Å². The summed E-state index contributed by atoms with van der Waals surface area (Å²) in [4.78, 5) is 16.9. The van der Waals surface area contributed by atoms with Gasteiger partial charge in [-0.05, 0) is 32.3 Å². The zero-order valence-electron chi connectivity index (χ0n) is 12.7. The van der Waals surface area contributed by atoms with E-state index < -0.39 is 0 Å². The lowest BCUT2D eigenvalue weighted by molar-refractivity contribution is -0.131. The quantitative estimate of drug-likeness (QED) is 0.789. The van der Waals surface area contributed by atoms with Gasteiger partial charge in [0, 0.05) is 25.7 Å². The third kappa shape index (κ3) is 4.15. The van der Waals surface area contributed by atoms with Crippen LogP contribution in [0.4, 0.5) is 0 Å². The van der Waals surface area contributed by atoms with Gasteiger partial charge in [0.1, 0.15) is 0 Å². The number of hydrogen-bond acceptors (Lipinski definition) is 5. The van der Waals surface area contributed by atoms with Gasteiger partial charge in [-0.2, -0.15) is 0 Å². The standard InChI is InChI=1S/C15H21N3O2S/c1-4-18(5-2)15(19)11-17(3)10-12-9-13(20-16-12)14-7-6-8-21-14/h6-9H,4-5,10-11H2,1-3H3. The minimum Gasteiger partial charge on any atom is -0.355 e. The Morgan fingerprint density at radius 1 is 1.38 bits per heavy atom. The van der Waals surface area contributed by atoms with Gasteiger partial charge >= 0.3 is 0 Å². The Bertz CT molecular complexity index is 561. The molecule has 0 aromatic carbocycles. The van der Waals surface area contributed by atoms with E-state index in [1.165, 1.54) is 0 Å². The minimum absolute atomic E-state index is 0.143. The summed E-state index contributed by atoms with van der Waals surface area (Å²) in [5, 5.41) is 6.08. The van der Waals surface area contributed by atoms with Crippen LogP contribution in [0, 0.1) is 0 Å². The maximum Gasteiger partial charge on any atom is 0.236 e. The van der Waals surface area contributed by atoms with Crippen molar-refractivity contribution in [2.24, 2.45) is 0 Å². The van der Waals surface area contributed by atoms with Gasteiger partial charge in [-0.25, -0.2) is 0 Å². The van der Waals surface area contributed by atoms with Gasteiger partial charge in [0.2, 0.25) is 5.91 Å². The Morgan fingerprint density at radius 3 is 2.76 bits per heavy atom. The molecule has 0 radical (unpaired) electrons. The smallest absolute Gasteiger partial charge is 0.236 e. The van der Waals surface area contributed by atoms with Gasteiger partial charge in [-0.15, -0.1) is 11.3 Å². The van der Waals surface area contributed by atoms with Gasteiger partial charge in [-0.3, -0.25) is 9.69 Å². The molecule has 6 heteroatoms. The highest BCUT2D eigenvalue weighted by molar-refractivity contribution is 7.13. The largest absolute Gasteiger partial charge is 0.355 e. The van der Waals surface area contributed by atoms with Crippen molar-refractivity contribution in [1.29, 1.82) is 0 Å². The molecule has 2 aromatic heterocycles. The summed E-state index contributed by atoms with van der Waals surface area (Å²) in [6.45, 7) is 6.47. The fourth-order valence-corrected chi connectivity index (χ4v) is 2.83.